The van der Waals surface area contributed by atoms with E-state index in [9.17, 15) is 29.1 Å². The Balaban J connectivity index is 1.73. The first kappa shape index (κ1) is 33.3. The van der Waals surface area contributed by atoms with Crippen LogP contribution in [0.1, 0.15) is 76.7 Å². The molecule has 2 atom stereocenters. The third-order valence-electron chi connectivity index (χ3n) is 7.59. The first-order chi connectivity index (χ1) is 22.2. The molecule has 1 fully saturated rings. The number of aliphatic imine (C=N–C) groups is 1. The van der Waals surface area contributed by atoms with Crippen molar-refractivity contribution in [3.8, 4) is 5.75 Å². The molecule has 0 spiro atoms. The van der Waals surface area contributed by atoms with Gasteiger partial charge in [-0.15, -0.1) is 0 Å². The van der Waals surface area contributed by atoms with E-state index in [0.717, 1.165) is 10.0 Å². The summed E-state index contributed by atoms with van der Waals surface area (Å²) in [5, 5.41) is 12.3. The van der Waals surface area contributed by atoms with Gasteiger partial charge in [0.2, 0.25) is 11.8 Å². The van der Waals surface area contributed by atoms with Crippen LogP contribution in [0.5, 0.6) is 5.75 Å². The Morgan fingerprint density at radius 1 is 1.00 bits per heavy atom. The molecule has 12 nitrogen and oxygen atoms in total. The molecule has 0 bridgehead atoms. The Kier molecular flexibility index (Phi) is 9.48. The number of benzene rings is 3. The van der Waals surface area contributed by atoms with E-state index in [4.69, 9.17) is 15.5 Å². The largest absolute Gasteiger partial charge is 0.487 e. The van der Waals surface area contributed by atoms with Crippen LogP contribution in [-0.4, -0.2) is 75.6 Å². The van der Waals surface area contributed by atoms with Crippen LogP contribution < -0.4 is 15.8 Å². The molecule has 2 aliphatic rings. The van der Waals surface area contributed by atoms with Gasteiger partial charge >= 0.3 is 12.0 Å². The number of ketones is 1. The fourth-order valence-corrected chi connectivity index (χ4v) is 5.79. The summed E-state index contributed by atoms with van der Waals surface area (Å²) < 4.78 is 7.16. The number of nitrogens with one attached hydrogen (secondary N) is 1. The van der Waals surface area contributed by atoms with Gasteiger partial charge in [-0.2, -0.15) is 0 Å². The number of carboxylic acid groups (broad SMARTS) is 1. The number of ether oxygens (including phenoxy) is 1. The lowest BCUT2D eigenvalue weighted by molar-refractivity contribution is -0.123. The number of hydrogen-bond acceptors (Lipinski definition) is 7. The number of carboxylic acids is 1. The number of urea groups is 1. The van der Waals surface area contributed by atoms with Gasteiger partial charge in [0.25, 0.3) is 0 Å². The highest BCUT2D eigenvalue weighted by atomic mass is 79.9. The summed E-state index contributed by atoms with van der Waals surface area (Å²) in [6.45, 7) is 5.89. The highest BCUT2D eigenvalue weighted by Crippen LogP contribution is 2.45. The van der Waals surface area contributed by atoms with Gasteiger partial charge < -0.3 is 25.8 Å². The zero-order chi connectivity index (χ0) is 34.0. The number of carbonyl (C=O) groups excluding carboxylic acids is 4. The maximum Gasteiger partial charge on any atom is 0.335 e. The lowest BCUT2D eigenvalue weighted by Crippen LogP contribution is -2.55. The summed E-state index contributed by atoms with van der Waals surface area (Å²) in [5.74, 6) is -2.16. The van der Waals surface area contributed by atoms with Crippen LogP contribution in [0.3, 0.4) is 0 Å². The van der Waals surface area contributed by atoms with Crippen molar-refractivity contribution >= 4 is 51.4 Å². The summed E-state index contributed by atoms with van der Waals surface area (Å²) >= 11 is 3.48. The van der Waals surface area contributed by atoms with Crippen LogP contribution in [0.2, 0.25) is 0 Å². The third kappa shape index (κ3) is 7.51. The molecule has 4 N–H and O–H groups in total. The number of Topliss-reactive ketones (excluding diaryl/α,β-unsaturated/α-hetero) is 1. The quantitative estimate of drug-likeness (QED) is 0.229. The molecule has 0 unspecified atom stereocenters. The Labute approximate surface area is 279 Å². The number of carbonyl (C=O) groups is 5. The number of nitrogens with two attached hydrogens (primary N) is 1. The molecule has 0 aromatic heterocycles. The summed E-state index contributed by atoms with van der Waals surface area (Å²) in [5.41, 5.74) is 6.63. The number of primary amides is 1. The molecular weight excluding hydrogens is 670 g/mol. The molecule has 0 aliphatic carbocycles. The first-order valence-electron chi connectivity index (χ1n) is 14.9. The molecule has 47 heavy (non-hydrogen) atoms. The highest BCUT2D eigenvalue weighted by molar-refractivity contribution is 9.10. The molecule has 3 aromatic rings. The lowest BCUT2D eigenvalue weighted by atomic mass is 9.93. The molecule has 4 amide bonds. The number of rotatable bonds is 8. The number of halogens is 1. The predicted octanol–water partition coefficient (Wildman–Crippen LogP) is 4.48. The van der Waals surface area contributed by atoms with E-state index in [2.05, 4.69) is 21.2 Å². The van der Waals surface area contributed by atoms with E-state index in [1.54, 1.807) is 18.2 Å². The zero-order valence-electron chi connectivity index (χ0n) is 26.0. The van der Waals surface area contributed by atoms with E-state index in [-0.39, 0.29) is 48.3 Å². The van der Waals surface area contributed by atoms with Gasteiger partial charge in [-0.1, -0.05) is 46.3 Å². The first-order valence-corrected chi connectivity index (χ1v) is 15.7. The van der Waals surface area contributed by atoms with Gasteiger partial charge in [0.15, 0.2) is 5.78 Å². The van der Waals surface area contributed by atoms with E-state index in [0.29, 0.717) is 11.1 Å². The Hall–Kier alpha value is -5.04. The smallest absolute Gasteiger partial charge is 0.335 e. The van der Waals surface area contributed by atoms with Crippen molar-refractivity contribution in [3.63, 3.8) is 0 Å². The number of amides is 4. The number of amidine groups is 1. The second-order valence-corrected chi connectivity index (χ2v) is 13.2. The van der Waals surface area contributed by atoms with Gasteiger partial charge in [0.1, 0.15) is 29.8 Å². The minimum Gasteiger partial charge on any atom is -0.487 e. The average Bonchev–Trinajstić information content (AvgIpc) is 3.40. The van der Waals surface area contributed by atoms with Crippen molar-refractivity contribution in [1.29, 1.82) is 0 Å². The van der Waals surface area contributed by atoms with Crippen LogP contribution in [0, 0.1) is 0 Å². The molecule has 2 aliphatic heterocycles. The fraction of sp³-hybridized carbons (Fsp3) is 0.294. The third-order valence-corrected chi connectivity index (χ3v) is 8.12. The highest BCUT2D eigenvalue weighted by Gasteiger charge is 2.45. The Morgan fingerprint density at radius 2 is 1.64 bits per heavy atom. The number of nitrogens with zero attached hydrogens (tertiary/aromatic N) is 3. The summed E-state index contributed by atoms with van der Waals surface area (Å²) in [4.78, 5) is 71.1. The van der Waals surface area contributed by atoms with Crippen LogP contribution in [0.15, 0.2) is 76.2 Å². The number of piperazine rings is 1. The van der Waals surface area contributed by atoms with Crippen LogP contribution >= 0.6 is 15.9 Å². The molecule has 3 aromatic carbocycles. The van der Waals surface area contributed by atoms with Crippen molar-refractivity contribution < 1.29 is 33.8 Å². The van der Waals surface area contributed by atoms with Crippen LogP contribution in [0.4, 0.5) is 4.79 Å². The molecule has 1 saturated heterocycles. The molecular formula is C34H34BrN5O7. The lowest BCUT2D eigenvalue weighted by Gasteiger charge is -2.36. The van der Waals surface area contributed by atoms with Gasteiger partial charge in [0, 0.05) is 23.1 Å². The predicted molar refractivity (Wildman–Crippen MR) is 176 cm³/mol. The number of aromatic carboxylic acids is 1. The summed E-state index contributed by atoms with van der Waals surface area (Å²) in [7, 11) is 0. The maximum absolute atomic E-state index is 14.6. The molecule has 2 heterocycles. The Bertz CT molecular complexity index is 1770. The van der Waals surface area contributed by atoms with Crippen molar-refractivity contribution in [2.45, 2.75) is 44.9 Å². The van der Waals surface area contributed by atoms with Crippen LogP contribution in [0.25, 0.3) is 0 Å². The molecule has 0 saturated carbocycles. The maximum atomic E-state index is 14.6. The normalized spacial score (nSPS) is 18.0. The van der Waals surface area contributed by atoms with Crippen molar-refractivity contribution in [2.75, 3.05) is 19.6 Å². The SMILES string of the molecule is CC(C)(C)Oc1cc(C(=O)CC(N)=O)ccc1C1=N[C@@H](c2ccc(C(=O)O)cc2)[C@@H](c2ccc(Br)cc2)N1C(=O)N1CCNC(=O)C1. The van der Waals surface area contributed by atoms with Gasteiger partial charge in [-0.25, -0.2) is 9.59 Å². The van der Waals surface area contributed by atoms with Gasteiger partial charge in [0.05, 0.1) is 23.6 Å². The zero-order valence-corrected chi connectivity index (χ0v) is 27.6. The summed E-state index contributed by atoms with van der Waals surface area (Å²) in [6, 6.07) is 16.5. The second kappa shape index (κ2) is 13.4. The molecule has 244 valence electrons. The van der Waals surface area contributed by atoms with E-state index < -0.39 is 47.8 Å². The van der Waals surface area contributed by atoms with Crippen molar-refractivity contribution in [2.24, 2.45) is 10.7 Å². The molecule has 13 heteroatoms. The van der Waals surface area contributed by atoms with Gasteiger partial charge in [-0.05, 0) is 68.3 Å². The van der Waals surface area contributed by atoms with Crippen molar-refractivity contribution in [1.82, 2.24) is 15.1 Å². The fourth-order valence-electron chi connectivity index (χ4n) is 5.53. The summed E-state index contributed by atoms with van der Waals surface area (Å²) in [6.07, 6.45) is -0.489. The topological polar surface area (TPSA) is 172 Å². The Morgan fingerprint density at radius 3 is 2.23 bits per heavy atom. The van der Waals surface area contributed by atoms with Crippen molar-refractivity contribution in [3.05, 3.63) is 99.0 Å². The molecule has 0 radical (unpaired) electrons. The number of hydrogen-bond donors (Lipinski definition) is 3. The molecule has 5 rings (SSSR count). The standard InChI is InChI=1S/C34H34BrN5O7/c1-34(2,3)47-26-16-22(25(41)17-27(36)42)10-13-24(26)31-38-29(19-4-6-21(7-5-19)32(44)45)30(20-8-11-23(35)12-9-20)40(31)33(46)39-15-14-37-28(43)18-39/h4-13,16,29-30H,14-15,17-18H2,1-3H3,(H2,36,42)(H,37,43)(H,44,45)/t29-,30+/m0/s1. The average molecular weight is 705 g/mol. The minimum absolute atomic E-state index is 0.0977. The monoisotopic (exact) mass is 703 g/mol. The minimum atomic E-state index is -1.08. The van der Waals surface area contributed by atoms with E-state index in [1.165, 1.54) is 34.1 Å². The second-order valence-electron chi connectivity index (χ2n) is 12.2. The van der Waals surface area contributed by atoms with Gasteiger partial charge in [-0.3, -0.25) is 24.3 Å². The van der Waals surface area contributed by atoms with E-state index in [1.807, 2.05) is 45.0 Å². The van der Waals surface area contributed by atoms with E-state index >= 15 is 0 Å². The van der Waals surface area contributed by atoms with Crippen LogP contribution in [-0.2, 0) is 9.59 Å².